The zero-order valence-electron chi connectivity index (χ0n) is 17.7. The van der Waals surface area contributed by atoms with E-state index in [-0.39, 0.29) is 24.3 Å². The maximum Gasteiger partial charge on any atom is 0.251 e. The SMILES string of the molecule is N#Cc1cccnc1N1CCN(C(=O)CNC(=O)c2ccc(N3CCCC3=O)cc2)CC1. The van der Waals surface area contributed by atoms with E-state index in [1.54, 1.807) is 52.4 Å². The fraction of sp³-hybridized carbons (Fsp3) is 0.348. The minimum absolute atomic E-state index is 0.0851. The first-order chi connectivity index (χ1) is 15.6. The van der Waals surface area contributed by atoms with Gasteiger partial charge in [0.05, 0.1) is 12.1 Å². The molecule has 9 heteroatoms. The van der Waals surface area contributed by atoms with E-state index in [0.717, 1.165) is 12.1 Å². The van der Waals surface area contributed by atoms with Gasteiger partial charge in [0.1, 0.15) is 11.9 Å². The second kappa shape index (κ2) is 9.47. The summed E-state index contributed by atoms with van der Waals surface area (Å²) in [6.45, 7) is 2.75. The number of amides is 3. The third-order valence-electron chi connectivity index (χ3n) is 5.75. The van der Waals surface area contributed by atoms with Crippen molar-refractivity contribution in [2.75, 3.05) is 49.1 Å². The molecule has 2 fully saturated rings. The summed E-state index contributed by atoms with van der Waals surface area (Å²) in [7, 11) is 0. The number of hydrogen-bond donors (Lipinski definition) is 1. The number of pyridine rings is 1. The zero-order chi connectivity index (χ0) is 22.5. The number of carbonyl (C=O) groups excluding carboxylic acids is 3. The van der Waals surface area contributed by atoms with E-state index in [2.05, 4.69) is 16.4 Å². The molecule has 1 aromatic carbocycles. The number of carbonyl (C=O) groups is 3. The first-order valence-electron chi connectivity index (χ1n) is 10.6. The van der Waals surface area contributed by atoms with Crippen molar-refractivity contribution in [3.05, 3.63) is 53.7 Å². The second-order valence-electron chi connectivity index (χ2n) is 7.73. The summed E-state index contributed by atoms with van der Waals surface area (Å²) >= 11 is 0. The highest BCUT2D eigenvalue weighted by atomic mass is 16.2. The van der Waals surface area contributed by atoms with Crippen molar-refractivity contribution in [2.24, 2.45) is 0 Å². The number of benzene rings is 1. The molecule has 3 heterocycles. The van der Waals surface area contributed by atoms with Crippen LogP contribution in [0.4, 0.5) is 11.5 Å². The Kier molecular flexibility index (Phi) is 6.31. The number of aromatic nitrogens is 1. The van der Waals surface area contributed by atoms with Gasteiger partial charge in [0.2, 0.25) is 11.8 Å². The van der Waals surface area contributed by atoms with Crippen molar-refractivity contribution < 1.29 is 14.4 Å². The van der Waals surface area contributed by atoms with Crippen molar-refractivity contribution in [3.63, 3.8) is 0 Å². The van der Waals surface area contributed by atoms with E-state index in [9.17, 15) is 19.6 Å². The maximum atomic E-state index is 12.5. The summed E-state index contributed by atoms with van der Waals surface area (Å²) < 4.78 is 0. The molecule has 0 aliphatic carbocycles. The Hall–Kier alpha value is -3.93. The van der Waals surface area contributed by atoms with Crippen LogP contribution in [0.2, 0.25) is 0 Å². The van der Waals surface area contributed by atoms with Crippen LogP contribution in [0.15, 0.2) is 42.6 Å². The van der Waals surface area contributed by atoms with Crippen LogP contribution in [0.5, 0.6) is 0 Å². The van der Waals surface area contributed by atoms with Crippen molar-refractivity contribution in [2.45, 2.75) is 12.8 Å². The zero-order valence-corrected chi connectivity index (χ0v) is 17.7. The van der Waals surface area contributed by atoms with Crippen LogP contribution >= 0.6 is 0 Å². The summed E-state index contributed by atoms with van der Waals surface area (Å²) in [5, 5.41) is 11.9. The second-order valence-corrected chi connectivity index (χ2v) is 7.73. The number of nitriles is 1. The fourth-order valence-electron chi connectivity index (χ4n) is 3.99. The highest BCUT2D eigenvalue weighted by Crippen LogP contribution is 2.21. The monoisotopic (exact) mass is 432 g/mol. The highest BCUT2D eigenvalue weighted by Gasteiger charge is 2.24. The van der Waals surface area contributed by atoms with E-state index in [1.807, 2.05) is 4.90 Å². The van der Waals surface area contributed by atoms with E-state index in [4.69, 9.17) is 0 Å². The average Bonchev–Trinajstić information content (AvgIpc) is 3.28. The molecule has 164 valence electrons. The van der Waals surface area contributed by atoms with Gasteiger partial charge in [-0.25, -0.2) is 4.98 Å². The highest BCUT2D eigenvalue weighted by molar-refractivity contribution is 5.98. The van der Waals surface area contributed by atoms with Gasteiger partial charge < -0.3 is 20.0 Å². The predicted octanol–water partition coefficient (Wildman–Crippen LogP) is 1.16. The molecule has 2 saturated heterocycles. The number of hydrogen-bond acceptors (Lipinski definition) is 6. The van der Waals surface area contributed by atoms with Gasteiger partial charge in [-0.1, -0.05) is 0 Å². The van der Waals surface area contributed by atoms with Gasteiger partial charge in [-0.15, -0.1) is 0 Å². The van der Waals surface area contributed by atoms with Crippen LogP contribution in [-0.4, -0.2) is 66.9 Å². The van der Waals surface area contributed by atoms with Crippen molar-refractivity contribution >= 4 is 29.2 Å². The molecule has 0 bridgehead atoms. The Balaban J connectivity index is 1.26. The van der Waals surface area contributed by atoms with E-state index >= 15 is 0 Å². The lowest BCUT2D eigenvalue weighted by atomic mass is 10.2. The molecule has 1 N–H and O–H groups in total. The van der Waals surface area contributed by atoms with E-state index in [0.29, 0.717) is 56.1 Å². The van der Waals surface area contributed by atoms with Crippen LogP contribution in [0.1, 0.15) is 28.8 Å². The van der Waals surface area contributed by atoms with Gasteiger partial charge >= 0.3 is 0 Å². The van der Waals surface area contributed by atoms with Crippen LogP contribution in [0.3, 0.4) is 0 Å². The predicted molar refractivity (Wildman–Crippen MR) is 118 cm³/mol. The minimum atomic E-state index is -0.330. The smallest absolute Gasteiger partial charge is 0.251 e. The molecule has 4 rings (SSSR count). The van der Waals surface area contributed by atoms with Gasteiger partial charge in [0.15, 0.2) is 0 Å². The molecule has 0 unspecified atom stereocenters. The molecule has 9 nitrogen and oxygen atoms in total. The first-order valence-corrected chi connectivity index (χ1v) is 10.6. The number of anilines is 2. The summed E-state index contributed by atoms with van der Waals surface area (Å²) in [4.78, 5) is 46.5. The molecular formula is C23H24N6O3. The van der Waals surface area contributed by atoms with Gasteiger partial charge in [-0.2, -0.15) is 5.26 Å². The Morgan fingerprint density at radius 3 is 2.47 bits per heavy atom. The molecule has 0 radical (unpaired) electrons. The number of nitrogens with one attached hydrogen (secondary N) is 1. The third-order valence-corrected chi connectivity index (χ3v) is 5.75. The summed E-state index contributed by atoms with van der Waals surface area (Å²) in [5.74, 6) is 0.247. The lowest BCUT2D eigenvalue weighted by Gasteiger charge is -2.35. The lowest BCUT2D eigenvalue weighted by Crippen LogP contribution is -2.51. The van der Waals surface area contributed by atoms with Crippen LogP contribution < -0.4 is 15.1 Å². The van der Waals surface area contributed by atoms with Gasteiger partial charge in [-0.05, 0) is 42.8 Å². The molecule has 2 aliphatic heterocycles. The summed E-state index contributed by atoms with van der Waals surface area (Å²) in [6.07, 6.45) is 3.05. The van der Waals surface area contributed by atoms with Crippen LogP contribution in [-0.2, 0) is 9.59 Å². The Morgan fingerprint density at radius 1 is 1.06 bits per heavy atom. The van der Waals surface area contributed by atoms with Crippen LogP contribution in [0.25, 0.3) is 0 Å². The summed E-state index contributed by atoms with van der Waals surface area (Å²) in [6, 6.07) is 12.4. The van der Waals surface area contributed by atoms with Gasteiger partial charge in [0, 0.05) is 56.6 Å². The molecule has 2 aromatic rings. The van der Waals surface area contributed by atoms with Gasteiger partial charge in [-0.3, -0.25) is 14.4 Å². The molecule has 3 amide bonds. The Morgan fingerprint density at radius 2 is 1.81 bits per heavy atom. The van der Waals surface area contributed by atoms with E-state index < -0.39 is 0 Å². The Bertz CT molecular complexity index is 1050. The Labute approximate surface area is 186 Å². The standard InChI is InChI=1S/C23H24N6O3/c24-15-18-3-1-9-25-22(18)28-13-11-27(12-14-28)21(31)16-26-23(32)17-5-7-19(8-6-17)29-10-2-4-20(29)30/h1,3,5-9H,2,4,10-14,16H2,(H,26,32). The van der Waals surface area contributed by atoms with Gasteiger partial charge in [0.25, 0.3) is 5.91 Å². The number of piperazine rings is 1. The fourth-order valence-corrected chi connectivity index (χ4v) is 3.99. The van der Waals surface area contributed by atoms with Crippen LogP contribution in [0, 0.1) is 11.3 Å². The molecule has 0 saturated carbocycles. The largest absolute Gasteiger partial charge is 0.352 e. The van der Waals surface area contributed by atoms with Crippen molar-refractivity contribution in [3.8, 4) is 6.07 Å². The summed E-state index contributed by atoms with van der Waals surface area (Å²) in [5.41, 5.74) is 1.74. The average molecular weight is 432 g/mol. The number of rotatable bonds is 5. The minimum Gasteiger partial charge on any atom is -0.352 e. The van der Waals surface area contributed by atoms with Crippen molar-refractivity contribution in [1.29, 1.82) is 5.26 Å². The molecule has 0 atom stereocenters. The molecule has 2 aliphatic rings. The molecule has 1 aromatic heterocycles. The first kappa shape index (κ1) is 21.3. The molecule has 0 spiro atoms. The third kappa shape index (κ3) is 4.54. The molecule has 32 heavy (non-hydrogen) atoms. The topological polar surface area (TPSA) is 110 Å². The maximum absolute atomic E-state index is 12.5. The molecular weight excluding hydrogens is 408 g/mol. The van der Waals surface area contributed by atoms with Crippen molar-refractivity contribution in [1.82, 2.24) is 15.2 Å². The normalized spacial score (nSPS) is 16.1. The quantitative estimate of drug-likeness (QED) is 0.759. The van der Waals surface area contributed by atoms with E-state index in [1.165, 1.54) is 0 Å². The lowest BCUT2D eigenvalue weighted by molar-refractivity contribution is -0.130. The number of nitrogens with zero attached hydrogens (tertiary/aromatic N) is 5.